The zero-order valence-electron chi connectivity index (χ0n) is 23.5. The highest BCUT2D eigenvalue weighted by atomic mass is 14.8. The van der Waals surface area contributed by atoms with Gasteiger partial charge < -0.3 is 0 Å². The molecule has 0 saturated heterocycles. The molecule has 6 aromatic heterocycles. The van der Waals surface area contributed by atoms with Crippen molar-refractivity contribution in [1.82, 2.24) is 29.9 Å². The van der Waals surface area contributed by atoms with E-state index in [1.54, 1.807) is 18.6 Å². The average molecular weight is 565 g/mol. The molecule has 0 N–H and O–H groups in total. The average Bonchev–Trinajstić information content (AvgIpc) is 3.11. The normalized spacial score (nSPS) is 11.2. The molecule has 0 saturated carbocycles. The molecule has 0 aliphatic carbocycles. The summed E-state index contributed by atoms with van der Waals surface area (Å²) in [6.07, 6.45) is 9.03. The van der Waals surface area contributed by atoms with Crippen LogP contribution in [0.25, 0.3) is 78.1 Å². The Kier molecular flexibility index (Phi) is 6.35. The van der Waals surface area contributed by atoms with E-state index in [4.69, 9.17) is 15.0 Å². The van der Waals surface area contributed by atoms with E-state index in [-0.39, 0.29) is 0 Å². The van der Waals surface area contributed by atoms with Crippen LogP contribution in [-0.2, 0) is 0 Å². The second-order valence-electron chi connectivity index (χ2n) is 10.5. The van der Waals surface area contributed by atoms with Crippen LogP contribution >= 0.6 is 0 Å². The van der Waals surface area contributed by atoms with Gasteiger partial charge in [0.2, 0.25) is 0 Å². The fourth-order valence-corrected chi connectivity index (χ4v) is 5.42. The lowest BCUT2D eigenvalue weighted by atomic mass is 10.0. The lowest BCUT2D eigenvalue weighted by molar-refractivity contribution is 1.25. The van der Waals surface area contributed by atoms with E-state index in [0.717, 1.165) is 78.1 Å². The van der Waals surface area contributed by atoms with Crippen molar-refractivity contribution in [3.63, 3.8) is 0 Å². The Balaban J connectivity index is 1.21. The number of nitrogens with zero attached hydrogens (tertiary/aromatic N) is 6. The third-order valence-corrected chi connectivity index (χ3v) is 7.68. The van der Waals surface area contributed by atoms with Crippen LogP contribution in [0.4, 0.5) is 0 Å². The number of hydrogen-bond donors (Lipinski definition) is 0. The van der Waals surface area contributed by atoms with Gasteiger partial charge in [0, 0.05) is 52.9 Å². The van der Waals surface area contributed by atoms with E-state index in [0.29, 0.717) is 0 Å². The maximum absolute atomic E-state index is 5.10. The van der Waals surface area contributed by atoms with Crippen LogP contribution < -0.4 is 0 Å². The highest BCUT2D eigenvalue weighted by Gasteiger charge is 2.12. The fraction of sp³-hybridized carbons (Fsp3) is 0. The first-order chi connectivity index (χ1) is 21.8. The lowest BCUT2D eigenvalue weighted by Gasteiger charge is -2.11. The summed E-state index contributed by atoms with van der Waals surface area (Å²) >= 11 is 0. The number of rotatable bonds is 5. The predicted octanol–water partition coefficient (Wildman–Crippen LogP) is 8.70. The molecule has 0 amide bonds. The summed E-state index contributed by atoms with van der Waals surface area (Å²) < 4.78 is 0. The summed E-state index contributed by atoms with van der Waals surface area (Å²) in [7, 11) is 0. The summed E-state index contributed by atoms with van der Waals surface area (Å²) in [5.74, 6) is 0. The van der Waals surface area contributed by atoms with E-state index in [1.807, 2.05) is 60.9 Å². The third-order valence-electron chi connectivity index (χ3n) is 7.68. The largest absolute Gasteiger partial charge is 0.264 e. The van der Waals surface area contributed by atoms with Gasteiger partial charge in [-0.1, -0.05) is 48.5 Å². The molecule has 0 aliphatic heterocycles. The first kappa shape index (κ1) is 25.6. The zero-order valence-corrected chi connectivity index (χ0v) is 23.5. The molecule has 0 spiro atoms. The summed E-state index contributed by atoms with van der Waals surface area (Å²) in [4.78, 5) is 28.1. The highest BCUT2D eigenvalue weighted by molar-refractivity contribution is 5.90. The van der Waals surface area contributed by atoms with Gasteiger partial charge in [-0.15, -0.1) is 0 Å². The number of hydrogen-bond acceptors (Lipinski definition) is 6. The number of pyridine rings is 6. The van der Waals surface area contributed by atoms with Crippen LogP contribution in [0.5, 0.6) is 0 Å². The van der Waals surface area contributed by atoms with Gasteiger partial charge in [0.15, 0.2) is 0 Å². The van der Waals surface area contributed by atoms with E-state index in [9.17, 15) is 0 Å². The topological polar surface area (TPSA) is 77.3 Å². The van der Waals surface area contributed by atoms with Crippen molar-refractivity contribution in [2.24, 2.45) is 0 Å². The Morgan fingerprint density at radius 1 is 0.341 bits per heavy atom. The Hall–Kier alpha value is -6.14. The van der Waals surface area contributed by atoms with E-state index in [2.05, 4.69) is 81.7 Å². The molecule has 0 bridgehead atoms. The van der Waals surface area contributed by atoms with Gasteiger partial charge in [0.25, 0.3) is 0 Å². The minimum absolute atomic E-state index is 0.787. The highest BCUT2D eigenvalue weighted by Crippen LogP contribution is 2.32. The lowest BCUT2D eigenvalue weighted by Crippen LogP contribution is -1.94. The van der Waals surface area contributed by atoms with Crippen LogP contribution in [0.3, 0.4) is 0 Å². The van der Waals surface area contributed by atoms with Crippen LogP contribution in [0, 0.1) is 0 Å². The summed E-state index contributed by atoms with van der Waals surface area (Å²) in [5, 5.41) is 2.14. The van der Waals surface area contributed by atoms with Gasteiger partial charge in [0.1, 0.15) is 0 Å². The summed E-state index contributed by atoms with van der Waals surface area (Å²) in [5.41, 5.74) is 11.1. The quantitative estimate of drug-likeness (QED) is 0.208. The second-order valence-corrected chi connectivity index (χ2v) is 10.5. The van der Waals surface area contributed by atoms with E-state index < -0.39 is 0 Å². The first-order valence-electron chi connectivity index (χ1n) is 14.3. The van der Waals surface area contributed by atoms with Gasteiger partial charge in [-0.25, -0.2) is 15.0 Å². The smallest absolute Gasteiger partial charge is 0.0900 e. The van der Waals surface area contributed by atoms with Crippen molar-refractivity contribution in [2.45, 2.75) is 0 Å². The van der Waals surface area contributed by atoms with Crippen LogP contribution in [-0.4, -0.2) is 29.9 Å². The molecule has 2 aromatic carbocycles. The van der Waals surface area contributed by atoms with Crippen molar-refractivity contribution in [3.8, 4) is 56.3 Å². The molecule has 206 valence electrons. The monoisotopic (exact) mass is 564 g/mol. The van der Waals surface area contributed by atoms with Crippen LogP contribution in [0.2, 0.25) is 0 Å². The molecule has 8 rings (SSSR count). The van der Waals surface area contributed by atoms with Crippen LogP contribution in [0.1, 0.15) is 0 Å². The minimum atomic E-state index is 0.787. The van der Waals surface area contributed by atoms with Crippen LogP contribution in [0.15, 0.2) is 146 Å². The zero-order chi connectivity index (χ0) is 29.3. The Bertz CT molecular complexity index is 2210. The first-order valence-corrected chi connectivity index (χ1v) is 14.3. The molecule has 6 heteroatoms. The Morgan fingerprint density at radius 3 is 1.57 bits per heavy atom. The van der Waals surface area contributed by atoms with Crippen molar-refractivity contribution >= 4 is 21.8 Å². The van der Waals surface area contributed by atoms with Gasteiger partial charge in [-0.05, 0) is 83.4 Å². The summed E-state index contributed by atoms with van der Waals surface area (Å²) in [6.45, 7) is 0. The Morgan fingerprint density at radius 2 is 0.955 bits per heavy atom. The molecule has 6 heterocycles. The molecule has 0 atom stereocenters. The molecule has 0 radical (unpaired) electrons. The van der Waals surface area contributed by atoms with Crippen molar-refractivity contribution < 1.29 is 0 Å². The van der Waals surface area contributed by atoms with Crippen molar-refractivity contribution in [1.29, 1.82) is 0 Å². The molecule has 8 aromatic rings. The molecule has 44 heavy (non-hydrogen) atoms. The minimum Gasteiger partial charge on any atom is -0.264 e. The summed E-state index contributed by atoms with van der Waals surface area (Å²) in [6, 6.07) is 39.0. The SMILES string of the molecule is c1ccc(-c2ccc3ccc(-c4ccc5ccc(-c6cc(-c7cccnc7)cc(-c7cccnc7)n6)nc5c4)cc3n2)nc1. The van der Waals surface area contributed by atoms with E-state index in [1.165, 1.54) is 0 Å². The standard InChI is InChI=1S/C38H24N6/c1-2-18-41-32(7-1)33-14-12-25-8-10-27(19-35(25)42-33)28-11-9-26-13-15-34(43-36(26)20-28)38-22-31(29-5-3-16-39-23-29)21-37(44-38)30-6-4-17-40-24-30/h1-24H. The van der Waals surface area contributed by atoms with Crippen molar-refractivity contribution in [3.05, 3.63) is 146 Å². The van der Waals surface area contributed by atoms with Gasteiger partial charge >= 0.3 is 0 Å². The Labute approximate surface area is 253 Å². The molecule has 6 nitrogen and oxygen atoms in total. The third kappa shape index (κ3) is 4.95. The second kappa shape index (κ2) is 10.9. The predicted molar refractivity (Wildman–Crippen MR) is 175 cm³/mol. The van der Waals surface area contributed by atoms with Crippen molar-refractivity contribution in [2.75, 3.05) is 0 Å². The molecule has 0 aliphatic rings. The number of aromatic nitrogens is 6. The van der Waals surface area contributed by atoms with Gasteiger partial charge in [-0.3, -0.25) is 15.0 Å². The number of fused-ring (bicyclic) bond motifs is 2. The fourth-order valence-electron chi connectivity index (χ4n) is 5.42. The molecular formula is C38H24N6. The molecular weight excluding hydrogens is 540 g/mol. The maximum Gasteiger partial charge on any atom is 0.0900 e. The van der Waals surface area contributed by atoms with Gasteiger partial charge in [-0.2, -0.15) is 0 Å². The molecule has 0 fully saturated rings. The number of benzene rings is 2. The van der Waals surface area contributed by atoms with Gasteiger partial charge in [0.05, 0.1) is 39.5 Å². The molecule has 0 unspecified atom stereocenters. The maximum atomic E-state index is 5.10. The van der Waals surface area contributed by atoms with E-state index >= 15 is 0 Å².